The van der Waals surface area contributed by atoms with Crippen molar-refractivity contribution in [1.82, 2.24) is 0 Å². The number of rotatable bonds is 4. The van der Waals surface area contributed by atoms with Crippen molar-refractivity contribution in [3.8, 4) is 0 Å². The predicted molar refractivity (Wildman–Crippen MR) is 76.2 cm³/mol. The molecule has 2 rings (SSSR count). The molecule has 0 aliphatic heterocycles. The molecule has 2 aromatic rings. The summed E-state index contributed by atoms with van der Waals surface area (Å²) in [6, 6.07) is 7.71. The van der Waals surface area contributed by atoms with Crippen LogP contribution < -0.4 is 10.5 Å². The summed E-state index contributed by atoms with van der Waals surface area (Å²) in [4.78, 5) is -0.00721. The van der Waals surface area contributed by atoms with Gasteiger partial charge in [0.25, 0.3) is 0 Å². The van der Waals surface area contributed by atoms with E-state index < -0.39 is 21.7 Å². The highest BCUT2D eigenvalue weighted by Crippen LogP contribution is 2.23. The molecule has 7 heteroatoms. The first-order valence-electron chi connectivity index (χ1n) is 6.09. The lowest BCUT2D eigenvalue weighted by atomic mass is 10.1. The van der Waals surface area contributed by atoms with Crippen molar-refractivity contribution in [1.29, 1.82) is 0 Å². The minimum absolute atomic E-state index is 0.00721. The molecular weight excluding hydrogens is 298 g/mol. The number of benzene rings is 2. The molecule has 2 aromatic carbocycles. The Morgan fingerprint density at radius 3 is 2.57 bits per heavy atom. The summed E-state index contributed by atoms with van der Waals surface area (Å²) in [7, 11) is -3.83. The lowest BCUT2D eigenvalue weighted by Crippen LogP contribution is -2.14. The van der Waals surface area contributed by atoms with Gasteiger partial charge in [-0.15, -0.1) is 0 Å². The fourth-order valence-corrected chi connectivity index (χ4v) is 2.79. The Morgan fingerprint density at radius 1 is 1.19 bits per heavy atom. The van der Waals surface area contributed by atoms with Gasteiger partial charge in [-0.2, -0.15) is 0 Å². The molecule has 21 heavy (non-hydrogen) atoms. The van der Waals surface area contributed by atoms with Crippen LogP contribution in [0.25, 0.3) is 0 Å². The molecule has 0 bridgehead atoms. The maximum atomic E-state index is 13.5. The maximum absolute atomic E-state index is 13.5. The Kier molecular flexibility index (Phi) is 4.24. The summed E-state index contributed by atoms with van der Waals surface area (Å²) in [5, 5.41) is 8.00. The lowest BCUT2D eigenvalue weighted by Gasteiger charge is -2.12. The van der Waals surface area contributed by atoms with Gasteiger partial charge in [0.1, 0.15) is 11.6 Å². The molecule has 3 N–H and O–H groups in total. The van der Waals surface area contributed by atoms with Gasteiger partial charge in [-0.25, -0.2) is 22.3 Å². The number of anilines is 1. The van der Waals surface area contributed by atoms with Crippen LogP contribution in [0.5, 0.6) is 0 Å². The van der Waals surface area contributed by atoms with Crippen LogP contribution in [0.1, 0.15) is 11.1 Å². The molecule has 0 radical (unpaired) electrons. The Bertz CT molecular complexity index is 777. The largest absolute Gasteiger partial charge is 0.381 e. The molecule has 0 spiro atoms. The van der Waals surface area contributed by atoms with Crippen LogP contribution in [0.2, 0.25) is 0 Å². The van der Waals surface area contributed by atoms with E-state index >= 15 is 0 Å². The normalized spacial score (nSPS) is 11.4. The van der Waals surface area contributed by atoms with E-state index in [-0.39, 0.29) is 17.0 Å². The van der Waals surface area contributed by atoms with Crippen LogP contribution in [-0.4, -0.2) is 8.42 Å². The molecule has 0 saturated heterocycles. The maximum Gasteiger partial charge on any atom is 0.238 e. The van der Waals surface area contributed by atoms with Gasteiger partial charge in [0.05, 0.1) is 4.90 Å². The zero-order chi connectivity index (χ0) is 15.6. The van der Waals surface area contributed by atoms with Crippen molar-refractivity contribution in [2.45, 2.75) is 18.4 Å². The first kappa shape index (κ1) is 15.4. The summed E-state index contributed by atoms with van der Waals surface area (Å²) >= 11 is 0. The van der Waals surface area contributed by atoms with E-state index in [9.17, 15) is 17.2 Å². The topological polar surface area (TPSA) is 72.2 Å². The van der Waals surface area contributed by atoms with Gasteiger partial charge < -0.3 is 5.32 Å². The molecule has 0 heterocycles. The quantitative estimate of drug-likeness (QED) is 0.911. The molecule has 112 valence electrons. The third-order valence-electron chi connectivity index (χ3n) is 3.07. The van der Waals surface area contributed by atoms with Crippen molar-refractivity contribution >= 4 is 15.7 Å². The van der Waals surface area contributed by atoms with Gasteiger partial charge in [0.15, 0.2) is 0 Å². The second kappa shape index (κ2) is 5.79. The van der Waals surface area contributed by atoms with Gasteiger partial charge in [-0.1, -0.05) is 6.07 Å². The molecule has 0 unspecified atom stereocenters. The molecule has 0 saturated carbocycles. The zero-order valence-electron chi connectivity index (χ0n) is 11.2. The second-order valence-electron chi connectivity index (χ2n) is 4.56. The minimum Gasteiger partial charge on any atom is -0.381 e. The number of primary sulfonamides is 1. The molecule has 0 atom stereocenters. The standard InChI is InChI=1S/C14H14F2N2O2S/c1-9-13(3-2-4-14(9)21(17,19)20)18-8-10-7-11(15)5-6-12(10)16/h2-7,18H,8H2,1H3,(H2,17,19,20). The van der Waals surface area contributed by atoms with Gasteiger partial charge in [-0.05, 0) is 42.8 Å². The molecule has 0 amide bonds. The summed E-state index contributed by atoms with van der Waals surface area (Å²) in [6.45, 7) is 1.61. The van der Waals surface area contributed by atoms with E-state index in [0.29, 0.717) is 11.3 Å². The van der Waals surface area contributed by atoms with E-state index in [1.807, 2.05) is 0 Å². The van der Waals surface area contributed by atoms with E-state index in [4.69, 9.17) is 5.14 Å². The number of sulfonamides is 1. The number of halogens is 2. The first-order chi connectivity index (χ1) is 9.79. The van der Waals surface area contributed by atoms with Crippen molar-refractivity contribution in [2.75, 3.05) is 5.32 Å². The van der Waals surface area contributed by atoms with E-state index in [1.54, 1.807) is 13.0 Å². The molecule has 0 aliphatic carbocycles. The van der Waals surface area contributed by atoms with E-state index in [1.165, 1.54) is 12.1 Å². The monoisotopic (exact) mass is 312 g/mol. The summed E-state index contributed by atoms with van der Waals surface area (Å²) in [6.07, 6.45) is 0. The Morgan fingerprint density at radius 2 is 1.90 bits per heavy atom. The van der Waals surface area contributed by atoms with Crippen LogP contribution in [0.15, 0.2) is 41.3 Å². The van der Waals surface area contributed by atoms with Crippen LogP contribution >= 0.6 is 0 Å². The number of hydrogen-bond donors (Lipinski definition) is 2. The summed E-state index contributed by atoms with van der Waals surface area (Å²) < 4.78 is 49.4. The Labute approximate surface area is 121 Å². The highest BCUT2D eigenvalue weighted by molar-refractivity contribution is 7.89. The van der Waals surface area contributed by atoms with E-state index in [2.05, 4.69) is 5.32 Å². The van der Waals surface area contributed by atoms with Crippen molar-refractivity contribution in [2.24, 2.45) is 5.14 Å². The van der Waals surface area contributed by atoms with Crippen molar-refractivity contribution in [3.05, 3.63) is 59.2 Å². The van der Waals surface area contributed by atoms with Gasteiger partial charge in [0, 0.05) is 17.8 Å². The minimum atomic E-state index is -3.83. The van der Waals surface area contributed by atoms with Crippen LogP contribution in [-0.2, 0) is 16.6 Å². The summed E-state index contributed by atoms with van der Waals surface area (Å²) in [5.74, 6) is -1.08. The first-order valence-corrected chi connectivity index (χ1v) is 7.64. The van der Waals surface area contributed by atoms with Crippen LogP contribution in [0.3, 0.4) is 0 Å². The number of hydrogen-bond acceptors (Lipinski definition) is 3. The van der Waals surface area contributed by atoms with Gasteiger partial charge in [0.2, 0.25) is 10.0 Å². The smallest absolute Gasteiger partial charge is 0.238 e. The lowest BCUT2D eigenvalue weighted by molar-refractivity contribution is 0.587. The summed E-state index contributed by atoms with van der Waals surface area (Å²) in [5.41, 5.74) is 1.07. The number of nitrogens with two attached hydrogens (primary N) is 1. The fourth-order valence-electron chi connectivity index (χ4n) is 1.98. The molecular formula is C14H14F2N2O2S. The third kappa shape index (κ3) is 3.56. The third-order valence-corrected chi connectivity index (χ3v) is 4.12. The Hall–Kier alpha value is -1.99. The van der Waals surface area contributed by atoms with Gasteiger partial charge in [-0.3, -0.25) is 0 Å². The van der Waals surface area contributed by atoms with E-state index in [0.717, 1.165) is 18.2 Å². The fraction of sp³-hybridized carbons (Fsp3) is 0.143. The van der Waals surface area contributed by atoms with Crippen molar-refractivity contribution < 1.29 is 17.2 Å². The molecule has 4 nitrogen and oxygen atoms in total. The van der Waals surface area contributed by atoms with Crippen molar-refractivity contribution in [3.63, 3.8) is 0 Å². The highest BCUT2D eigenvalue weighted by Gasteiger charge is 2.14. The predicted octanol–water partition coefficient (Wildman–Crippen LogP) is 2.53. The Balaban J connectivity index is 2.27. The average Bonchev–Trinajstić information content (AvgIpc) is 2.40. The SMILES string of the molecule is Cc1c(NCc2cc(F)ccc2F)cccc1S(N)(=O)=O. The zero-order valence-corrected chi connectivity index (χ0v) is 12.0. The van der Waals surface area contributed by atoms with Crippen LogP contribution in [0, 0.1) is 18.6 Å². The van der Waals surface area contributed by atoms with Crippen LogP contribution in [0.4, 0.5) is 14.5 Å². The molecule has 0 aliphatic rings. The molecule has 0 aromatic heterocycles. The second-order valence-corrected chi connectivity index (χ2v) is 6.09. The molecule has 0 fully saturated rings. The van der Waals surface area contributed by atoms with Gasteiger partial charge >= 0.3 is 0 Å². The number of nitrogens with one attached hydrogen (secondary N) is 1. The average molecular weight is 312 g/mol. The highest BCUT2D eigenvalue weighted by atomic mass is 32.2.